The molecule has 4 fully saturated rings. The van der Waals surface area contributed by atoms with Gasteiger partial charge in [-0.25, -0.2) is 0 Å². The predicted octanol–water partition coefficient (Wildman–Crippen LogP) is 4.38. The second-order valence-electron chi connectivity index (χ2n) is 15.3. The zero-order valence-electron chi connectivity index (χ0n) is 31.0. The van der Waals surface area contributed by atoms with E-state index in [0.717, 1.165) is 94.2 Å². The molecule has 4 aliphatic heterocycles. The van der Waals surface area contributed by atoms with E-state index >= 15 is 0 Å². The molecule has 56 heavy (non-hydrogen) atoms. The van der Waals surface area contributed by atoms with Crippen molar-refractivity contribution in [2.45, 2.75) is 63.1 Å². The summed E-state index contributed by atoms with van der Waals surface area (Å²) in [6, 6.07) is 19.1. The minimum Gasteiger partial charge on any atom is -0.488 e. The minimum absolute atomic E-state index is 0.0894. The second-order valence-corrected chi connectivity index (χ2v) is 15.7. The van der Waals surface area contributed by atoms with Gasteiger partial charge in [0.05, 0.1) is 33.4 Å². The first kappa shape index (κ1) is 37.5. The van der Waals surface area contributed by atoms with Crippen LogP contribution in [0.4, 0.5) is 11.4 Å². The van der Waals surface area contributed by atoms with Crippen molar-refractivity contribution in [3.8, 4) is 11.8 Å². The zero-order valence-corrected chi connectivity index (χ0v) is 31.8. The molecule has 0 aromatic heterocycles. The topological polar surface area (TPSA) is 155 Å². The molecule has 5 amide bonds. The Labute approximate surface area is 330 Å². The maximum absolute atomic E-state index is 13.6. The van der Waals surface area contributed by atoms with Crippen LogP contribution in [0.25, 0.3) is 0 Å². The number of nitrogens with zero attached hydrogens (tertiary/aromatic N) is 5. The van der Waals surface area contributed by atoms with Crippen LogP contribution in [0.15, 0.2) is 60.7 Å². The molecule has 8 rings (SSSR count). The molecule has 1 saturated carbocycles. The average Bonchev–Trinajstić information content (AvgIpc) is 3.75. The highest BCUT2D eigenvalue weighted by atomic mass is 35.5. The number of amides is 5. The summed E-state index contributed by atoms with van der Waals surface area (Å²) in [7, 11) is 0. The van der Waals surface area contributed by atoms with E-state index < -0.39 is 29.7 Å². The highest BCUT2D eigenvalue weighted by Gasteiger charge is 2.46. The summed E-state index contributed by atoms with van der Waals surface area (Å²) in [5, 5.41) is 14.9. The Morgan fingerprint density at radius 2 is 1.64 bits per heavy atom. The summed E-state index contributed by atoms with van der Waals surface area (Å²) < 4.78 is 6.17. The number of nitrogens with one attached hydrogen (secondary N) is 2. The fraction of sp³-hybridized carbons (Fsp3) is 0.429. The van der Waals surface area contributed by atoms with Crippen molar-refractivity contribution in [3.05, 3.63) is 87.9 Å². The van der Waals surface area contributed by atoms with Gasteiger partial charge in [0.2, 0.25) is 11.8 Å². The summed E-state index contributed by atoms with van der Waals surface area (Å²) in [6.45, 7) is 6.19. The minimum atomic E-state index is -0.981. The Hall–Kier alpha value is -5.45. The van der Waals surface area contributed by atoms with E-state index in [1.54, 1.807) is 30.3 Å². The van der Waals surface area contributed by atoms with E-state index in [1.807, 2.05) is 30.3 Å². The lowest BCUT2D eigenvalue weighted by Gasteiger charge is -2.40. The van der Waals surface area contributed by atoms with Gasteiger partial charge in [0.25, 0.3) is 17.7 Å². The number of nitriles is 1. The molecule has 3 atom stereocenters. The number of anilines is 2. The molecule has 0 spiro atoms. The third-order valence-corrected chi connectivity index (χ3v) is 12.2. The molecule has 290 valence electrons. The van der Waals surface area contributed by atoms with Crippen LogP contribution in [0.1, 0.15) is 81.6 Å². The highest BCUT2D eigenvalue weighted by Crippen LogP contribution is 2.36. The standard InChI is InChI=1S/C42H44ClN7O6/c43-32-23-30(12-9-28(32)24-44)56-36-6-2-4-33(36)45-39(52)27-7-10-29(11-8-27)48-21-19-47(20-22-48)25-26-15-17-49(18-16-26)34-5-1-3-31-38(34)42(55)50(41(31)54)35-13-14-37(51)46-40(35)53/h1,3,5,7-12,23,26,33,35-36H,2,4,6,13-22,25H2,(H,45,52)(H,46,51,53). The van der Waals surface area contributed by atoms with Gasteiger partial charge in [0, 0.05) is 69.6 Å². The van der Waals surface area contributed by atoms with Crippen LogP contribution in [0.5, 0.6) is 5.75 Å². The lowest BCUT2D eigenvalue weighted by molar-refractivity contribution is -0.136. The van der Waals surface area contributed by atoms with Crippen LogP contribution in [-0.2, 0) is 9.59 Å². The van der Waals surface area contributed by atoms with Gasteiger partial charge in [-0.05, 0) is 93.0 Å². The summed E-state index contributed by atoms with van der Waals surface area (Å²) in [6.07, 6.45) is 4.57. The molecule has 13 nitrogen and oxygen atoms in total. The van der Waals surface area contributed by atoms with E-state index in [9.17, 15) is 24.0 Å². The van der Waals surface area contributed by atoms with Crippen LogP contribution >= 0.6 is 11.6 Å². The monoisotopic (exact) mass is 777 g/mol. The highest BCUT2D eigenvalue weighted by molar-refractivity contribution is 6.31. The lowest BCUT2D eigenvalue weighted by atomic mass is 9.94. The molecular weight excluding hydrogens is 734 g/mol. The van der Waals surface area contributed by atoms with Crippen molar-refractivity contribution in [1.29, 1.82) is 5.26 Å². The van der Waals surface area contributed by atoms with Crippen molar-refractivity contribution < 1.29 is 28.7 Å². The van der Waals surface area contributed by atoms with E-state index in [1.165, 1.54) is 0 Å². The Bertz CT molecular complexity index is 2090. The Balaban J connectivity index is 0.796. The number of piperazine rings is 1. The summed E-state index contributed by atoms with van der Waals surface area (Å²) in [4.78, 5) is 72.5. The number of carbonyl (C=O) groups is 5. The molecule has 4 heterocycles. The molecule has 3 unspecified atom stereocenters. The van der Waals surface area contributed by atoms with Crippen LogP contribution in [0.3, 0.4) is 0 Å². The first-order valence-electron chi connectivity index (χ1n) is 19.5. The third-order valence-electron chi connectivity index (χ3n) is 11.9. The fourth-order valence-electron chi connectivity index (χ4n) is 8.81. The quantitative estimate of drug-likeness (QED) is 0.299. The molecule has 5 aliphatic rings. The SMILES string of the molecule is N#Cc1ccc(OC2CCCC2NC(=O)c2ccc(N3CCN(CC4CCN(c5cccc6c5C(=O)N(C5CCC(=O)NC5=O)C6=O)CC4)CC3)cc2)cc1Cl. The maximum Gasteiger partial charge on any atom is 0.264 e. The molecule has 3 saturated heterocycles. The van der Waals surface area contributed by atoms with E-state index in [0.29, 0.717) is 38.9 Å². The number of benzene rings is 3. The maximum atomic E-state index is 13.6. The average molecular weight is 778 g/mol. The number of halogens is 1. The number of ether oxygens (including phenoxy) is 1. The Morgan fingerprint density at radius 1 is 0.875 bits per heavy atom. The third kappa shape index (κ3) is 7.55. The van der Waals surface area contributed by atoms with Gasteiger partial charge in [0.15, 0.2) is 0 Å². The van der Waals surface area contributed by atoms with Gasteiger partial charge in [-0.3, -0.25) is 39.1 Å². The fourth-order valence-corrected chi connectivity index (χ4v) is 9.03. The first-order chi connectivity index (χ1) is 27.2. The van der Waals surface area contributed by atoms with Gasteiger partial charge < -0.3 is 19.9 Å². The molecule has 3 aromatic rings. The molecule has 2 N–H and O–H groups in total. The van der Waals surface area contributed by atoms with Crippen LogP contribution < -0.4 is 25.2 Å². The summed E-state index contributed by atoms with van der Waals surface area (Å²) >= 11 is 6.19. The normalized spacial score (nSPS) is 23.2. The molecule has 0 radical (unpaired) electrons. The Morgan fingerprint density at radius 3 is 2.36 bits per heavy atom. The number of rotatable bonds is 9. The summed E-state index contributed by atoms with van der Waals surface area (Å²) in [5.74, 6) is -0.979. The number of hydrogen-bond acceptors (Lipinski definition) is 10. The van der Waals surface area contributed by atoms with Crippen molar-refractivity contribution in [2.75, 3.05) is 55.6 Å². The van der Waals surface area contributed by atoms with Gasteiger partial charge in [-0.1, -0.05) is 17.7 Å². The number of hydrogen-bond donors (Lipinski definition) is 2. The number of piperidine rings is 2. The number of carbonyl (C=O) groups excluding carboxylic acids is 5. The van der Waals surface area contributed by atoms with Crippen molar-refractivity contribution in [2.24, 2.45) is 5.92 Å². The van der Waals surface area contributed by atoms with E-state index in [2.05, 4.69) is 31.4 Å². The summed E-state index contributed by atoms with van der Waals surface area (Å²) in [5.41, 5.74) is 3.49. The van der Waals surface area contributed by atoms with Crippen LogP contribution in [0.2, 0.25) is 5.02 Å². The van der Waals surface area contributed by atoms with Crippen LogP contribution in [0, 0.1) is 17.2 Å². The lowest BCUT2D eigenvalue weighted by Crippen LogP contribution is -2.54. The first-order valence-corrected chi connectivity index (χ1v) is 19.9. The smallest absolute Gasteiger partial charge is 0.264 e. The van der Waals surface area contributed by atoms with Crippen molar-refractivity contribution in [1.82, 2.24) is 20.4 Å². The molecular formula is C42H44ClN7O6. The molecule has 3 aromatic carbocycles. The zero-order chi connectivity index (χ0) is 38.9. The van der Waals surface area contributed by atoms with E-state index in [-0.39, 0.29) is 30.9 Å². The Kier molecular flexibility index (Phi) is 10.7. The van der Waals surface area contributed by atoms with Gasteiger partial charge in [0.1, 0.15) is 24.0 Å². The number of fused-ring (bicyclic) bond motifs is 1. The van der Waals surface area contributed by atoms with Crippen molar-refractivity contribution >= 4 is 52.5 Å². The van der Waals surface area contributed by atoms with Crippen molar-refractivity contribution in [3.63, 3.8) is 0 Å². The van der Waals surface area contributed by atoms with E-state index in [4.69, 9.17) is 21.6 Å². The van der Waals surface area contributed by atoms with Crippen LogP contribution in [-0.4, -0.2) is 103 Å². The second kappa shape index (κ2) is 16.0. The molecule has 0 bridgehead atoms. The van der Waals surface area contributed by atoms with Gasteiger partial charge in [-0.2, -0.15) is 5.26 Å². The molecule has 1 aliphatic carbocycles. The molecule has 14 heteroatoms. The predicted molar refractivity (Wildman–Crippen MR) is 209 cm³/mol. The van der Waals surface area contributed by atoms with Gasteiger partial charge >= 0.3 is 0 Å². The number of imide groups is 2. The van der Waals surface area contributed by atoms with Gasteiger partial charge in [-0.15, -0.1) is 0 Å². The largest absolute Gasteiger partial charge is 0.488 e.